The second-order valence-corrected chi connectivity index (χ2v) is 9.58. The zero-order valence-electron chi connectivity index (χ0n) is 15.6. The van der Waals surface area contributed by atoms with Gasteiger partial charge in [0.1, 0.15) is 32.5 Å². The molecule has 0 aliphatic carbocycles. The Hall–Kier alpha value is -2.15. The Morgan fingerprint density at radius 1 is 0.793 bits per heavy atom. The fourth-order valence-corrected chi connectivity index (χ4v) is 6.47. The fourth-order valence-electron chi connectivity index (χ4n) is 1.88. The van der Waals surface area contributed by atoms with Gasteiger partial charge in [-0.1, -0.05) is 29.6 Å². The maximum atomic E-state index is 11.9. The van der Waals surface area contributed by atoms with Crippen LogP contribution in [0.5, 0.6) is 0 Å². The molecule has 0 spiro atoms. The summed E-state index contributed by atoms with van der Waals surface area (Å²) >= 11 is 4.37. The van der Waals surface area contributed by atoms with E-state index in [1.165, 1.54) is 28.4 Å². The minimum atomic E-state index is -0.624. The maximum Gasteiger partial charge on any atom is 0.375 e. The van der Waals surface area contributed by atoms with E-state index < -0.39 is 23.9 Å². The van der Waals surface area contributed by atoms with Gasteiger partial charge in [-0.2, -0.15) is 0 Å². The Labute approximate surface area is 182 Å². The molecule has 0 N–H and O–H groups in total. The summed E-state index contributed by atoms with van der Waals surface area (Å²) in [4.78, 5) is 48.1. The van der Waals surface area contributed by atoms with Crippen molar-refractivity contribution in [1.82, 2.24) is 0 Å². The number of ether oxygens (including phenoxy) is 4. The molecule has 0 aromatic carbocycles. The van der Waals surface area contributed by atoms with E-state index in [0.717, 1.165) is 46.2 Å². The third-order valence-electron chi connectivity index (χ3n) is 3.17. The van der Waals surface area contributed by atoms with Gasteiger partial charge in [0.25, 0.3) is 13.9 Å². The van der Waals surface area contributed by atoms with E-state index in [1.807, 2.05) is 0 Å². The topological polar surface area (TPSA) is 105 Å². The summed E-state index contributed by atoms with van der Waals surface area (Å²) in [7, 11) is 4.92. The van der Waals surface area contributed by atoms with Crippen LogP contribution in [-0.4, -0.2) is 52.3 Å². The van der Waals surface area contributed by atoms with Crippen molar-refractivity contribution in [2.24, 2.45) is 0 Å². The molecule has 1 aliphatic heterocycles. The Morgan fingerprint density at radius 3 is 1.79 bits per heavy atom. The molecule has 2 heterocycles. The van der Waals surface area contributed by atoms with Crippen LogP contribution in [0, 0.1) is 0 Å². The molecule has 12 heteroatoms. The summed E-state index contributed by atoms with van der Waals surface area (Å²) in [6.45, 7) is 0. The number of hydrogen-bond donors (Lipinski definition) is 0. The van der Waals surface area contributed by atoms with Gasteiger partial charge in [-0.15, -0.1) is 0 Å². The monoisotopic (exact) mass is 475 g/mol. The molecule has 0 saturated heterocycles. The van der Waals surface area contributed by atoms with Crippen LogP contribution in [-0.2, 0) is 28.5 Å². The molecule has 0 radical (unpaired) electrons. The Kier molecular flexibility index (Phi) is 8.44. The van der Waals surface area contributed by atoms with Crippen LogP contribution >= 0.6 is 46.2 Å². The summed E-state index contributed by atoms with van der Waals surface area (Å²) in [6.07, 6.45) is 5.06. The number of allylic oxidation sites excluding steroid dienone is 2. The van der Waals surface area contributed by atoms with Gasteiger partial charge in [0.05, 0.1) is 32.7 Å². The van der Waals surface area contributed by atoms with Crippen LogP contribution in [0.25, 0.3) is 6.08 Å². The zero-order valence-corrected chi connectivity index (χ0v) is 18.9. The predicted octanol–water partition coefficient (Wildman–Crippen LogP) is 3.56. The Balaban J connectivity index is 2.23. The number of rotatable bonds is 6. The highest BCUT2D eigenvalue weighted by molar-refractivity contribution is 8.29. The quantitative estimate of drug-likeness (QED) is 0.344. The van der Waals surface area contributed by atoms with Crippen molar-refractivity contribution in [1.29, 1.82) is 0 Å². The minimum Gasteiger partial charge on any atom is -0.465 e. The lowest BCUT2D eigenvalue weighted by molar-refractivity contribution is -0.138. The molecular formula is C17H15O8S4+. The molecule has 0 amide bonds. The van der Waals surface area contributed by atoms with Crippen molar-refractivity contribution in [3.05, 3.63) is 40.1 Å². The molecule has 154 valence electrons. The Bertz CT molecular complexity index is 878. The highest BCUT2D eigenvalue weighted by Crippen LogP contribution is 2.49. The van der Waals surface area contributed by atoms with E-state index in [2.05, 4.69) is 0 Å². The second kappa shape index (κ2) is 10.6. The van der Waals surface area contributed by atoms with Gasteiger partial charge in [-0.3, -0.25) is 0 Å². The third-order valence-corrected chi connectivity index (χ3v) is 8.08. The lowest BCUT2D eigenvalue weighted by atomic mass is 10.4. The van der Waals surface area contributed by atoms with E-state index in [1.54, 1.807) is 18.2 Å². The second-order valence-electron chi connectivity index (χ2n) is 4.85. The average Bonchev–Trinajstić information content (AvgIpc) is 3.36. The zero-order chi connectivity index (χ0) is 21.6. The van der Waals surface area contributed by atoms with Crippen molar-refractivity contribution >= 4 is 76.2 Å². The molecular weight excluding hydrogens is 460 g/mol. The molecule has 1 aromatic heterocycles. The number of carbonyl (C=O) groups is 4. The molecule has 0 bridgehead atoms. The number of hydrogen-bond acceptors (Lipinski definition) is 11. The van der Waals surface area contributed by atoms with Gasteiger partial charge in [-0.05, 0) is 6.08 Å². The number of methoxy groups -OCH3 is 4. The van der Waals surface area contributed by atoms with Gasteiger partial charge in [0.2, 0.25) is 0 Å². The van der Waals surface area contributed by atoms with E-state index >= 15 is 0 Å². The van der Waals surface area contributed by atoms with Gasteiger partial charge in [0.15, 0.2) is 0 Å². The summed E-state index contributed by atoms with van der Waals surface area (Å²) in [5, 5.41) is 0. The van der Waals surface area contributed by atoms with Crippen LogP contribution in [0.15, 0.2) is 26.2 Å². The van der Waals surface area contributed by atoms with Crippen LogP contribution in [0.4, 0.5) is 0 Å². The first-order chi connectivity index (χ1) is 13.9. The first-order valence-electron chi connectivity index (χ1n) is 7.64. The van der Waals surface area contributed by atoms with Gasteiger partial charge in [-0.25, -0.2) is 19.2 Å². The lowest BCUT2D eigenvalue weighted by Crippen LogP contribution is -2.08. The lowest BCUT2D eigenvalue weighted by Gasteiger charge is -2.00. The SMILES string of the molecule is COC(=O)C1=C(C(=O)OC)SC(=C/C=C/c2sc(C(=O)OC)c(C(=O)OC)[s+]2)S1. The molecule has 0 saturated carbocycles. The smallest absolute Gasteiger partial charge is 0.375 e. The predicted molar refractivity (Wildman–Crippen MR) is 113 cm³/mol. The van der Waals surface area contributed by atoms with E-state index in [9.17, 15) is 19.2 Å². The summed E-state index contributed by atoms with van der Waals surface area (Å²) in [5.74, 6) is -2.50. The Morgan fingerprint density at radius 2 is 1.31 bits per heavy atom. The highest BCUT2D eigenvalue weighted by atomic mass is 32.2. The first kappa shape index (κ1) is 23.1. The van der Waals surface area contributed by atoms with Crippen molar-refractivity contribution in [2.75, 3.05) is 28.4 Å². The van der Waals surface area contributed by atoms with Crippen molar-refractivity contribution < 1.29 is 38.1 Å². The number of thioether (sulfide) groups is 2. The molecule has 29 heavy (non-hydrogen) atoms. The third kappa shape index (κ3) is 5.47. The van der Waals surface area contributed by atoms with Gasteiger partial charge in [0, 0.05) is 6.08 Å². The summed E-state index contributed by atoms with van der Waals surface area (Å²) < 4.78 is 20.1. The van der Waals surface area contributed by atoms with E-state index in [-0.39, 0.29) is 19.6 Å². The van der Waals surface area contributed by atoms with E-state index in [0.29, 0.717) is 8.43 Å². The minimum absolute atomic E-state index is 0.156. The van der Waals surface area contributed by atoms with Crippen LogP contribution in [0.3, 0.4) is 0 Å². The average molecular weight is 476 g/mol. The molecule has 0 unspecified atom stereocenters. The van der Waals surface area contributed by atoms with Gasteiger partial charge < -0.3 is 18.9 Å². The molecule has 1 aromatic rings. The molecule has 2 rings (SSSR count). The number of carbonyl (C=O) groups excluding carboxylic acids is 4. The van der Waals surface area contributed by atoms with Crippen LogP contribution in [0.2, 0.25) is 0 Å². The van der Waals surface area contributed by atoms with Crippen LogP contribution in [0.1, 0.15) is 23.5 Å². The number of esters is 4. The van der Waals surface area contributed by atoms with Crippen LogP contribution < -0.4 is 0 Å². The highest BCUT2D eigenvalue weighted by Gasteiger charge is 2.34. The fraction of sp³-hybridized carbons (Fsp3) is 0.235. The van der Waals surface area contributed by atoms with Crippen molar-refractivity contribution in [3.63, 3.8) is 0 Å². The normalized spacial score (nSPS) is 13.4. The van der Waals surface area contributed by atoms with Crippen molar-refractivity contribution in [3.8, 4) is 0 Å². The largest absolute Gasteiger partial charge is 0.465 e. The molecule has 0 fully saturated rings. The molecule has 0 atom stereocenters. The standard InChI is InChI=1S/C17H15O8S4/c1-22-14(18)10-11(15(19)23-2)27-8(26-10)6-5-7-9-28-12(16(20)24-3)13(29-9)17(21)25-4/h5-7H,1-4H3/q+1. The maximum absolute atomic E-state index is 11.9. The summed E-state index contributed by atoms with van der Waals surface area (Å²) in [6, 6.07) is 0. The van der Waals surface area contributed by atoms with Crippen molar-refractivity contribution in [2.45, 2.75) is 0 Å². The summed E-state index contributed by atoms with van der Waals surface area (Å²) in [5.41, 5.74) is 0. The molecule has 8 nitrogen and oxygen atoms in total. The first-order valence-corrected chi connectivity index (χ1v) is 10.9. The van der Waals surface area contributed by atoms with Gasteiger partial charge >= 0.3 is 23.9 Å². The molecule has 1 aliphatic rings. The van der Waals surface area contributed by atoms with E-state index in [4.69, 9.17) is 18.9 Å².